The molecule has 1 aliphatic rings. The summed E-state index contributed by atoms with van der Waals surface area (Å²) < 4.78 is 0.956. The lowest BCUT2D eigenvalue weighted by Gasteiger charge is -2.01. The summed E-state index contributed by atoms with van der Waals surface area (Å²) in [7, 11) is 0. The van der Waals surface area contributed by atoms with Gasteiger partial charge in [0.15, 0.2) is 3.92 Å². The second-order valence-electron chi connectivity index (χ2n) is 3.82. The van der Waals surface area contributed by atoms with Crippen LogP contribution in [0.25, 0.3) is 11.3 Å². The van der Waals surface area contributed by atoms with Gasteiger partial charge in [-0.2, -0.15) is 0 Å². The Morgan fingerprint density at radius 1 is 1.20 bits per heavy atom. The van der Waals surface area contributed by atoms with Crippen molar-refractivity contribution in [2.24, 2.45) is 0 Å². The lowest BCUT2D eigenvalue weighted by atomic mass is 10.1. The van der Waals surface area contributed by atoms with Crippen molar-refractivity contribution in [2.75, 3.05) is 0 Å². The molecule has 15 heavy (non-hydrogen) atoms. The van der Waals surface area contributed by atoms with Crippen molar-refractivity contribution in [1.29, 1.82) is 0 Å². The Bertz CT molecular complexity index is 504. The summed E-state index contributed by atoms with van der Waals surface area (Å²) in [5.41, 5.74) is 5.36. The standard InChI is InChI=1S/C12H10BrNS/c13-12-14-11(7-15-12)10-5-4-8-2-1-3-9(8)6-10/h4-7H,1-3H2. The quantitative estimate of drug-likeness (QED) is 0.767. The number of rotatable bonds is 1. The molecule has 3 heteroatoms. The number of hydrogen-bond donors (Lipinski definition) is 0. The molecule has 1 nitrogen and oxygen atoms in total. The Hall–Kier alpha value is -0.670. The lowest BCUT2D eigenvalue weighted by Crippen LogP contribution is -1.84. The molecule has 0 fully saturated rings. The molecule has 1 heterocycles. The molecular formula is C12H10BrNS. The molecule has 76 valence electrons. The minimum Gasteiger partial charge on any atom is -0.229 e. The van der Waals surface area contributed by atoms with E-state index >= 15 is 0 Å². The fourth-order valence-electron chi connectivity index (χ4n) is 2.12. The van der Waals surface area contributed by atoms with Gasteiger partial charge < -0.3 is 0 Å². The monoisotopic (exact) mass is 279 g/mol. The molecule has 0 unspecified atom stereocenters. The second kappa shape index (κ2) is 3.72. The maximum Gasteiger partial charge on any atom is 0.159 e. The van der Waals surface area contributed by atoms with E-state index in [0.717, 1.165) is 9.61 Å². The van der Waals surface area contributed by atoms with Crippen LogP contribution in [0.5, 0.6) is 0 Å². The van der Waals surface area contributed by atoms with Gasteiger partial charge in [-0.3, -0.25) is 0 Å². The molecule has 3 rings (SSSR count). The third kappa shape index (κ3) is 1.74. The Labute approximate surface area is 101 Å². The van der Waals surface area contributed by atoms with Crippen LogP contribution in [0.2, 0.25) is 0 Å². The Balaban J connectivity index is 2.06. The van der Waals surface area contributed by atoms with Crippen molar-refractivity contribution in [1.82, 2.24) is 4.98 Å². The normalized spacial score (nSPS) is 14.2. The highest BCUT2D eigenvalue weighted by molar-refractivity contribution is 9.11. The first-order valence-electron chi connectivity index (χ1n) is 5.06. The van der Waals surface area contributed by atoms with Gasteiger partial charge >= 0.3 is 0 Å². The van der Waals surface area contributed by atoms with Crippen molar-refractivity contribution in [3.8, 4) is 11.3 Å². The van der Waals surface area contributed by atoms with E-state index in [1.54, 1.807) is 11.3 Å². The first-order chi connectivity index (χ1) is 7.33. The highest BCUT2D eigenvalue weighted by Gasteiger charge is 2.12. The third-order valence-electron chi connectivity index (χ3n) is 2.87. The van der Waals surface area contributed by atoms with Crippen molar-refractivity contribution < 1.29 is 0 Å². The number of nitrogens with zero attached hydrogens (tertiary/aromatic N) is 1. The summed E-state index contributed by atoms with van der Waals surface area (Å²) in [6.07, 6.45) is 3.78. The van der Waals surface area contributed by atoms with Crippen LogP contribution in [0.1, 0.15) is 17.5 Å². The van der Waals surface area contributed by atoms with Gasteiger partial charge in [0, 0.05) is 10.9 Å². The molecular weight excluding hydrogens is 270 g/mol. The molecule has 0 saturated carbocycles. The van der Waals surface area contributed by atoms with Crippen molar-refractivity contribution >= 4 is 27.3 Å². The summed E-state index contributed by atoms with van der Waals surface area (Å²) >= 11 is 5.04. The van der Waals surface area contributed by atoms with Crippen LogP contribution in [-0.2, 0) is 12.8 Å². The zero-order chi connectivity index (χ0) is 10.3. The zero-order valence-electron chi connectivity index (χ0n) is 8.16. The first kappa shape index (κ1) is 9.55. The van der Waals surface area contributed by atoms with Gasteiger partial charge in [0.2, 0.25) is 0 Å². The van der Waals surface area contributed by atoms with Gasteiger partial charge in [-0.25, -0.2) is 4.98 Å². The fraction of sp³-hybridized carbons (Fsp3) is 0.250. The maximum atomic E-state index is 4.44. The van der Waals surface area contributed by atoms with Crippen molar-refractivity contribution in [3.05, 3.63) is 38.6 Å². The first-order valence-corrected chi connectivity index (χ1v) is 6.73. The average Bonchev–Trinajstić information content (AvgIpc) is 2.84. The Morgan fingerprint density at radius 3 is 2.87 bits per heavy atom. The van der Waals surface area contributed by atoms with Crippen LogP contribution >= 0.6 is 27.3 Å². The molecule has 0 N–H and O–H groups in total. The summed E-state index contributed by atoms with van der Waals surface area (Å²) in [4.78, 5) is 4.44. The molecule has 1 aromatic carbocycles. The Kier molecular flexibility index (Phi) is 2.37. The van der Waals surface area contributed by atoms with E-state index < -0.39 is 0 Å². The van der Waals surface area contributed by atoms with E-state index in [-0.39, 0.29) is 0 Å². The summed E-state index contributed by atoms with van der Waals surface area (Å²) in [5.74, 6) is 0. The van der Waals surface area contributed by atoms with Gasteiger partial charge in [-0.1, -0.05) is 12.1 Å². The number of halogens is 1. The van der Waals surface area contributed by atoms with Crippen molar-refractivity contribution in [3.63, 3.8) is 0 Å². The van der Waals surface area contributed by atoms with Crippen LogP contribution in [0.15, 0.2) is 27.5 Å². The molecule has 0 bridgehead atoms. The van der Waals surface area contributed by atoms with Gasteiger partial charge in [0.1, 0.15) is 0 Å². The number of fused-ring (bicyclic) bond motifs is 1. The Morgan fingerprint density at radius 2 is 2.07 bits per heavy atom. The second-order valence-corrected chi connectivity index (χ2v) is 5.96. The highest BCUT2D eigenvalue weighted by Crippen LogP contribution is 2.29. The average molecular weight is 280 g/mol. The molecule has 2 aromatic rings. The van der Waals surface area contributed by atoms with Gasteiger partial charge in [0.05, 0.1) is 5.69 Å². The van der Waals surface area contributed by atoms with Crippen LogP contribution in [-0.4, -0.2) is 4.98 Å². The molecule has 0 radical (unpaired) electrons. The molecule has 0 amide bonds. The van der Waals surface area contributed by atoms with Crippen LogP contribution in [0.3, 0.4) is 0 Å². The van der Waals surface area contributed by atoms with Crippen LogP contribution in [0.4, 0.5) is 0 Å². The van der Waals surface area contributed by atoms with E-state index in [9.17, 15) is 0 Å². The SMILES string of the molecule is Brc1nc(-c2ccc3c(c2)CCC3)cs1. The number of benzene rings is 1. The zero-order valence-corrected chi connectivity index (χ0v) is 10.6. The van der Waals surface area contributed by atoms with E-state index in [1.165, 1.54) is 36.0 Å². The molecule has 0 spiro atoms. The van der Waals surface area contributed by atoms with Crippen LogP contribution in [0, 0.1) is 0 Å². The number of aryl methyl sites for hydroxylation is 2. The minimum atomic E-state index is 0.956. The van der Waals surface area contributed by atoms with Crippen LogP contribution < -0.4 is 0 Å². The lowest BCUT2D eigenvalue weighted by molar-refractivity contribution is 0.912. The summed E-state index contributed by atoms with van der Waals surface area (Å²) in [6.45, 7) is 0. The van der Waals surface area contributed by atoms with Crippen molar-refractivity contribution in [2.45, 2.75) is 19.3 Å². The fourth-order valence-corrected chi connectivity index (χ4v) is 3.14. The highest BCUT2D eigenvalue weighted by atomic mass is 79.9. The predicted octanol–water partition coefficient (Wildman–Crippen LogP) is 4.06. The third-order valence-corrected chi connectivity index (χ3v) is 4.24. The van der Waals surface area contributed by atoms with E-state index in [1.807, 2.05) is 0 Å². The molecule has 0 saturated heterocycles. The number of hydrogen-bond acceptors (Lipinski definition) is 2. The molecule has 0 aliphatic heterocycles. The van der Waals surface area contributed by atoms with E-state index in [4.69, 9.17) is 0 Å². The minimum absolute atomic E-state index is 0.956. The molecule has 1 aliphatic carbocycles. The molecule has 0 atom stereocenters. The van der Waals surface area contributed by atoms with E-state index in [2.05, 4.69) is 44.5 Å². The van der Waals surface area contributed by atoms with Gasteiger partial charge in [-0.05, 0) is 52.4 Å². The number of aromatic nitrogens is 1. The number of thiazole rings is 1. The van der Waals surface area contributed by atoms with Gasteiger partial charge in [0.25, 0.3) is 0 Å². The van der Waals surface area contributed by atoms with Gasteiger partial charge in [-0.15, -0.1) is 11.3 Å². The summed E-state index contributed by atoms with van der Waals surface area (Å²) in [5, 5.41) is 2.10. The predicted molar refractivity (Wildman–Crippen MR) is 67.3 cm³/mol. The smallest absolute Gasteiger partial charge is 0.159 e. The summed E-state index contributed by atoms with van der Waals surface area (Å²) in [6, 6.07) is 6.74. The van der Waals surface area contributed by atoms with E-state index in [0.29, 0.717) is 0 Å². The maximum absolute atomic E-state index is 4.44. The topological polar surface area (TPSA) is 12.9 Å². The largest absolute Gasteiger partial charge is 0.229 e. The molecule has 1 aromatic heterocycles.